The third-order valence-electron chi connectivity index (χ3n) is 3.05. The minimum Gasteiger partial charge on any atom is -0.478 e. The van der Waals surface area contributed by atoms with Crippen molar-refractivity contribution in [3.8, 4) is 11.1 Å². The number of halogens is 3. The van der Waals surface area contributed by atoms with E-state index in [4.69, 9.17) is 9.84 Å². The van der Waals surface area contributed by atoms with Crippen molar-refractivity contribution < 1.29 is 27.8 Å². The maximum Gasteiger partial charge on any atom is 0.417 e. The zero-order valence-electron chi connectivity index (χ0n) is 11.6. The summed E-state index contributed by atoms with van der Waals surface area (Å²) in [6, 6.07) is 3.10. The lowest BCUT2D eigenvalue weighted by molar-refractivity contribution is -0.138. The zero-order chi connectivity index (χ0) is 16.3. The van der Waals surface area contributed by atoms with E-state index in [-0.39, 0.29) is 5.56 Å². The number of aromatic nitrogens is 2. The molecule has 0 fully saturated rings. The fourth-order valence-electron chi connectivity index (χ4n) is 1.96. The summed E-state index contributed by atoms with van der Waals surface area (Å²) >= 11 is 0. The summed E-state index contributed by atoms with van der Waals surface area (Å²) < 4.78 is 45.4. The highest BCUT2D eigenvalue weighted by Gasteiger charge is 2.35. The third-order valence-corrected chi connectivity index (χ3v) is 3.05. The van der Waals surface area contributed by atoms with E-state index in [2.05, 4.69) is 5.10 Å². The average Bonchev–Trinajstić information content (AvgIpc) is 2.92. The van der Waals surface area contributed by atoms with Gasteiger partial charge >= 0.3 is 12.1 Å². The normalized spacial score (nSPS) is 11.6. The molecule has 22 heavy (non-hydrogen) atoms. The van der Waals surface area contributed by atoms with E-state index in [0.29, 0.717) is 18.7 Å². The van der Waals surface area contributed by atoms with Crippen molar-refractivity contribution in [1.29, 1.82) is 0 Å². The summed E-state index contributed by atoms with van der Waals surface area (Å²) in [7, 11) is 1.53. The number of carboxylic acids is 1. The van der Waals surface area contributed by atoms with Crippen molar-refractivity contribution in [2.24, 2.45) is 0 Å². The highest BCUT2D eigenvalue weighted by atomic mass is 19.4. The molecule has 0 aliphatic rings. The van der Waals surface area contributed by atoms with Crippen LogP contribution in [0.5, 0.6) is 0 Å². The van der Waals surface area contributed by atoms with Gasteiger partial charge in [0.1, 0.15) is 0 Å². The molecule has 0 radical (unpaired) electrons. The molecule has 0 aliphatic carbocycles. The maximum absolute atomic E-state index is 13.0. The SMILES string of the molecule is COCCn1cc(-c2ccc(C(=O)O)c(C(F)(F)F)c2)cn1. The molecule has 0 aliphatic heterocycles. The molecule has 1 aromatic heterocycles. The summed E-state index contributed by atoms with van der Waals surface area (Å²) in [5.74, 6) is -1.62. The second-order valence-corrected chi connectivity index (χ2v) is 4.55. The van der Waals surface area contributed by atoms with Crippen LogP contribution in [0.1, 0.15) is 15.9 Å². The lowest BCUT2D eigenvalue weighted by Gasteiger charge is -2.11. The number of benzene rings is 1. The van der Waals surface area contributed by atoms with Crippen LogP contribution in [-0.4, -0.2) is 34.6 Å². The Morgan fingerprint density at radius 2 is 2.09 bits per heavy atom. The fraction of sp³-hybridized carbons (Fsp3) is 0.286. The number of aromatic carboxylic acids is 1. The van der Waals surface area contributed by atoms with Crippen LogP contribution in [0.4, 0.5) is 13.2 Å². The fourth-order valence-corrected chi connectivity index (χ4v) is 1.96. The number of nitrogens with zero attached hydrogens (tertiary/aromatic N) is 2. The Hall–Kier alpha value is -2.35. The van der Waals surface area contributed by atoms with Gasteiger partial charge in [-0.25, -0.2) is 4.79 Å². The van der Waals surface area contributed by atoms with Crippen LogP contribution in [0.3, 0.4) is 0 Å². The number of hydrogen-bond acceptors (Lipinski definition) is 3. The molecule has 1 heterocycles. The standard InChI is InChI=1S/C14H13F3N2O3/c1-22-5-4-19-8-10(7-18-19)9-2-3-11(13(20)21)12(6-9)14(15,16)17/h2-3,6-8H,4-5H2,1H3,(H,20,21). The molecule has 118 valence electrons. The molecule has 2 rings (SSSR count). The Bertz CT molecular complexity index is 680. The van der Waals surface area contributed by atoms with E-state index in [0.717, 1.165) is 12.1 Å². The first-order valence-electron chi connectivity index (χ1n) is 6.29. The number of hydrogen-bond donors (Lipinski definition) is 1. The van der Waals surface area contributed by atoms with Crippen LogP contribution < -0.4 is 0 Å². The van der Waals surface area contributed by atoms with Crippen molar-refractivity contribution in [1.82, 2.24) is 9.78 Å². The quantitative estimate of drug-likeness (QED) is 0.921. The van der Waals surface area contributed by atoms with Gasteiger partial charge < -0.3 is 9.84 Å². The van der Waals surface area contributed by atoms with Crippen LogP contribution in [0.25, 0.3) is 11.1 Å². The van der Waals surface area contributed by atoms with Crippen molar-refractivity contribution in [2.75, 3.05) is 13.7 Å². The molecule has 0 unspecified atom stereocenters. The van der Waals surface area contributed by atoms with Gasteiger partial charge in [-0.15, -0.1) is 0 Å². The maximum atomic E-state index is 13.0. The number of rotatable bonds is 5. The van der Waals surface area contributed by atoms with Gasteiger partial charge in [0.25, 0.3) is 0 Å². The molecule has 0 saturated heterocycles. The largest absolute Gasteiger partial charge is 0.478 e. The molecule has 8 heteroatoms. The molecule has 0 amide bonds. The summed E-state index contributed by atoms with van der Waals surface area (Å²) in [6.07, 6.45) is -1.74. The highest BCUT2D eigenvalue weighted by molar-refractivity contribution is 5.90. The Kier molecular flexibility index (Phi) is 4.51. The van der Waals surface area contributed by atoms with Crippen LogP contribution in [0, 0.1) is 0 Å². The van der Waals surface area contributed by atoms with E-state index in [1.54, 1.807) is 6.20 Å². The van der Waals surface area contributed by atoms with Crippen molar-refractivity contribution in [3.05, 3.63) is 41.7 Å². The van der Waals surface area contributed by atoms with Gasteiger partial charge in [-0.05, 0) is 17.7 Å². The number of methoxy groups -OCH3 is 1. The lowest BCUT2D eigenvalue weighted by Crippen LogP contribution is -2.12. The minimum atomic E-state index is -4.74. The topological polar surface area (TPSA) is 64.3 Å². The Morgan fingerprint density at radius 3 is 2.68 bits per heavy atom. The van der Waals surface area contributed by atoms with Crippen LogP contribution in [0.15, 0.2) is 30.6 Å². The number of alkyl halides is 3. The first-order valence-corrected chi connectivity index (χ1v) is 6.29. The van der Waals surface area contributed by atoms with E-state index in [1.807, 2.05) is 0 Å². The predicted octanol–water partition coefficient (Wildman–Crippen LogP) is 2.91. The smallest absolute Gasteiger partial charge is 0.417 e. The van der Waals surface area contributed by atoms with Gasteiger partial charge in [-0.2, -0.15) is 18.3 Å². The molecule has 0 spiro atoms. The molecule has 0 bridgehead atoms. The average molecular weight is 314 g/mol. The van der Waals surface area contributed by atoms with Crippen LogP contribution >= 0.6 is 0 Å². The molecule has 0 atom stereocenters. The third kappa shape index (κ3) is 3.45. The zero-order valence-corrected chi connectivity index (χ0v) is 11.6. The molecule has 1 N–H and O–H groups in total. The van der Waals surface area contributed by atoms with E-state index < -0.39 is 23.3 Å². The Labute approximate surface area is 123 Å². The van der Waals surface area contributed by atoms with Crippen molar-refractivity contribution in [2.45, 2.75) is 12.7 Å². The Balaban J connectivity index is 2.40. The monoisotopic (exact) mass is 314 g/mol. The first kappa shape index (κ1) is 16.0. The minimum absolute atomic E-state index is 0.251. The second-order valence-electron chi connectivity index (χ2n) is 4.55. The number of carboxylic acid groups (broad SMARTS) is 1. The number of carbonyl (C=O) groups is 1. The second kappa shape index (κ2) is 6.18. The van der Waals surface area contributed by atoms with E-state index in [9.17, 15) is 18.0 Å². The van der Waals surface area contributed by atoms with Gasteiger partial charge in [-0.3, -0.25) is 4.68 Å². The van der Waals surface area contributed by atoms with Gasteiger partial charge in [0.05, 0.1) is 30.5 Å². The lowest BCUT2D eigenvalue weighted by atomic mass is 10.0. The molecule has 1 aromatic carbocycles. The summed E-state index contributed by atoms with van der Waals surface area (Å²) in [5.41, 5.74) is -1.23. The number of ether oxygens (including phenoxy) is 1. The van der Waals surface area contributed by atoms with Gasteiger partial charge in [-0.1, -0.05) is 6.07 Å². The van der Waals surface area contributed by atoms with Gasteiger partial charge in [0, 0.05) is 18.9 Å². The summed E-state index contributed by atoms with van der Waals surface area (Å²) in [5, 5.41) is 12.9. The highest BCUT2D eigenvalue weighted by Crippen LogP contribution is 2.35. The van der Waals surface area contributed by atoms with E-state index in [1.165, 1.54) is 24.1 Å². The summed E-state index contributed by atoms with van der Waals surface area (Å²) in [4.78, 5) is 10.9. The Morgan fingerprint density at radius 1 is 1.36 bits per heavy atom. The molecule has 0 saturated carbocycles. The van der Waals surface area contributed by atoms with Gasteiger partial charge in [0.2, 0.25) is 0 Å². The van der Waals surface area contributed by atoms with Crippen LogP contribution in [-0.2, 0) is 17.5 Å². The van der Waals surface area contributed by atoms with Crippen molar-refractivity contribution >= 4 is 5.97 Å². The summed E-state index contributed by atoms with van der Waals surface area (Å²) in [6.45, 7) is 0.892. The van der Waals surface area contributed by atoms with Gasteiger partial charge in [0.15, 0.2) is 0 Å². The molecular weight excluding hydrogens is 301 g/mol. The molecule has 5 nitrogen and oxygen atoms in total. The van der Waals surface area contributed by atoms with E-state index >= 15 is 0 Å². The molecular formula is C14H13F3N2O3. The molecule has 2 aromatic rings. The predicted molar refractivity (Wildman–Crippen MR) is 71.5 cm³/mol. The van der Waals surface area contributed by atoms with Crippen molar-refractivity contribution in [3.63, 3.8) is 0 Å². The van der Waals surface area contributed by atoms with Crippen LogP contribution in [0.2, 0.25) is 0 Å². The first-order chi connectivity index (χ1) is 10.3.